The van der Waals surface area contributed by atoms with Crippen molar-refractivity contribution in [3.8, 4) is 0 Å². The number of amides is 2. The predicted molar refractivity (Wildman–Crippen MR) is 67.8 cm³/mol. The molecule has 0 saturated carbocycles. The van der Waals surface area contributed by atoms with Crippen molar-refractivity contribution in [2.24, 2.45) is 5.29 Å². The molecule has 1 aromatic rings. The molecule has 0 aliphatic rings. The number of carbonyl (C=O) groups excluding carboxylic acids is 1. The molecule has 2 amide bonds. The Morgan fingerprint density at radius 3 is 2.89 bits per heavy atom. The van der Waals surface area contributed by atoms with Gasteiger partial charge in [0.25, 0.3) is 0 Å². The van der Waals surface area contributed by atoms with Gasteiger partial charge in [0, 0.05) is 24.2 Å². The largest absolute Gasteiger partial charge is 1.00 e. The molecule has 0 unspecified atom stereocenters. The first kappa shape index (κ1) is 18.0. The molecule has 1 rings (SSSR count). The SMILES string of the molecule is Cc1ncc(CNC(=O)N(CCCl)N=O)c(N)n1.[H-].[Na+]. The first-order valence-corrected chi connectivity index (χ1v) is 5.64. The smallest absolute Gasteiger partial charge is 1.00 e. The van der Waals surface area contributed by atoms with Crippen molar-refractivity contribution in [3.63, 3.8) is 0 Å². The number of urea groups is 1. The van der Waals surface area contributed by atoms with E-state index >= 15 is 0 Å². The number of nitrogens with one attached hydrogen (secondary N) is 1. The molecule has 0 spiro atoms. The summed E-state index contributed by atoms with van der Waals surface area (Å²) < 4.78 is 0. The Morgan fingerprint density at radius 1 is 1.68 bits per heavy atom. The van der Waals surface area contributed by atoms with E-state index in [-0.39, 0.29) is 55.8 Å². The zero-order valence-corrected chi connectivity index (χ0v) is 13.5. The molecule has 0 saturated heterocycles. The minimum absolute atomic E-state index is 0. The van der Waals surface area contributed by atoms with Crippen molar-refractivity contribution >= 4 is 23.4 Å². The van der Waals surface area contributed by atoms with E-state index in [9.17, 15) is 9.70 Å². The minimum Gasteiger partial charge on any atom is -1.00 e. The van der Waals surface area contributed by atoms with Crippen molar-refractivity contribution in [1.29, 1.82) is 0 Å². The maximum atomic E-state index is 11.5. The molecule has 100 valence electrons. The summed E-state index contributed by atoms with van der Waals surface area (Å²) in [5, 5.41) is 5.71. The van der Waals surface area contributed by atoms with Crippen LogP contribution in [0.5, 0.6) is 0 Å². The summed E-state index contributed by atoms with van der Waals surface area (Å²) in [6, 6.07) is -0.648. The maximum absolute atomic E-state index is 11.5. The van der Waals surface area contributed by atoms with Crippen LogP contribution in [0, 0.1) is 11.8 Å². The Kier molecular flexibility index (Phi) is 8.57. The molecule has 19 heavy (non-hydrogen) atoms. The number of rotatable bonds is 5. The number of hydrogen-bond acceptors (Lipinski definition) is 6. The van der Waals surface area contributed by atoms with E-state index < -0.39 is 6.03 Å². The van der Waals surface area contributed by atoms with Crippen molar-refractivity contribution in [2.75, 3.05) is 18.2 Å². The summed E-state index contributed by atoms with van der Waals surface area (Å²) in [6.45, 7) is 1.85. The summed E-state index contributed by atoms with van der Waals surface area (Å²) in [7, 11) is 0. The van der Waals surface area contributed by atoms with Crippen LogP contribution in [-0.4, -0.2) is 33.4 Å². The second-order valence-electron chi connectivity index (χ2n) is 3.38. The Hall–Kier alpha value is -0.960. The standard InChI is InChI=1S/C9H13ClN6O2.Na.H/c1-6-12-4-7(8(11)14-6)5-13-9(17)16(15-18)3-2-10;;/h4H,2-3,5H2,1H3,(H,13,17)(H2,11,12,14);;/q;+1;-1. The molecule has 3 N–H and O–H groups in total. The third-order valence-electron chi connectivity index (χ3n) is 2.08. The molecule has 10 heteroatoms. The van der Waals surface area contributed by atoms with Gasteiger partial charge in [-0.25, -0.2) is 14.8 Å². The number of anilines is 1. The van der Waals surface area contributed by atoms with Crippen LogP contribution in [0.1, 0.15) is 12.8 Å². The van der Waals surface area contributed by atoms with Gasteiger partial charge in [-0.15, -0.1) is 16.5 Å². The van der Waals surface area contributed by atoms with Gasteiger partial charge < -0.3 is 12.5 Å². The average Bonchev–Trinajstić information content (AvgIpc) is 2.34. The average molecular weight is 297 g/mol. The van der Waals surface area contributed by atoms with E-state index in [1.54, 1.807) is 6.92 Å². The Balaban J connectivity index is 0. The van der Waals surface area contributed by atoms with Crippen molar-refractivity contribution < 1.29 is 35.8 Å². The summed E-state index contributed by atoms with van der Waals surface area (Å²) in [5.74, 6) is 0.946. The zero-order valence-electron chi connectivity index (χ0n) is 11.8. The van der Waals surface area contributed by atoms with Gasteiger partial charge >= 0.3 is 35.6 Å². The molecule has 0 aliphatic carbocycles. The number of nitrogens with two attached hydrogens (primary N) is 1. The van der Waals surface area contributed by atoms with Crippen LogP contribution in [0.4, 0.5) is 10.6 Å². The summed E-state index contributed by atoms with van der Waals surface area (Å²) >= 11 is 5.42. The molecule has 0 bridgehead atoms. The zero-order chi connectivity index (χ0) is 13.5. The topological polar surface area (TPSA) is 114 Å². The second kappa shape index (κ2) is 9.03. The van der Waals surface area contributed by atoms with Gasteiger partial charge in [-0.05, 0) is 6.92 Å². The monoisotopic (exact) mass is 296 g/mol. The number of nitroso groups, excluding NO2 is 1. The van der Waals surface area contributed by atoms with Crippen molar-refractivity contribution in [3.05, 3.63) is 22.5 Å². The number of nitrogen functional groups attached to an aromatic ring is 1. The van der Waals surface area contributed by atoms with Crippen molar-refractivity contribution in [1.82, 2.24) is 20.3 Å². The number of halogens is 1. The fourth-order valence-corrected chi connectivity index (χ4v) is 1.33. The quantitative estimate of drug-likeness (QED) is 0.280. The third-order valence-corrected chi connectivity index (χ3v) is 2.25. The number of alkyl halides is 1. The van der Waals surface area contributed by atoms with Crippen LogP contribution in [0.15, 0.2) is 11.5 Å². The molecule has 1 heterocycles. The van der Waals surface area contributed by atoms with Gasteiger partial charge in [0.2, 0.25) is 0 Å². The van der Waals surface area contributed by atoms with Crippen molar-refractivity contribution in [2.45, 2.75) is 13.5 Å². The number of hydrogen-bond donors (Lipinski definition) is 2. The number of nitrogens with zero attached hydrogens (tertiary/aromatic N) is 4. The van der Waals surface area contributed by atoms with Gasteiger partial charge in [-0.3, -0.25) is 0 Å². The molecule has 0 aromatic carbocycles. The van der Waals surface area contributed by atoms with Gasteiger partial charge in [0.1, 0.15) is 11.6 Å². The fourth-order valence-electron chi connectivity index (χ4n) is 1.17. The van der Waals surface area contributed by atoms with Crippen LogP contribution in [0.25, 0.3) is 0 Å². The molecule has 0 radical (unpaired) electrons. The number of carbonyl (C=O) groups is 1. The summed E-state index contributed by atoms with van der Waals surface area (Å²) in [5.41, 5.74) is 6.21. The molecular formula is C9H14ClN6NaO2. The Morgan fingerprint density at radius 2 is 2.37 bits per heavy atom. The van der Waals surface area contributed by atoms with E-state index in [2.05, 4.69) is 20.6 Å². The van der Waals surface area contributed by atoms with Crippen LogP contribution in [0.2, 0.25) is 0 Å². The van der Waals surface area contributed by atoms with E-state index in [4.69, 9.17) is 17.3 Å². The molecule has 0 aliphatic heterocycles. The molecular weight excluding hydrogens is 283 g/mol. The van der Waals surface area contributed by atoms with Crippen LogP contribution >= 0.6 is 11.6 Å². The number of aromatic nitrogens is 2. The predicted octanol–water partition coefficient (Wildman–Crippen LogP) is -2.08. The van der Waals surface area contributed by atoms with E-state index in [1.165, 1.54) is 6.20 Å². The molecule has 0 atom stereocenters. The molecule has 1 aromatic heterocycles. The third kappa shape index (κ3) is 5.68. The van der Waals surface area contributed by atoms with Gasteiger partial charge in [0.15, 0.2) is 0 Å². The van der Waals surface area contributed by atoms with Crippen LogP contribution in [-0.2, 0) is 6.54 Å². The first-order chi connectivity index (χ1) is 8.58. The second-order valence-corrected chi connectivity index (χ2v) is 3.76. The van der Waals surface area contributed by atoms with Gasteiger partial charge in [-0.1, -0.05) is 0 Å². The summed E-state index contributed by atoms with van der Waals surface area (Å²) in [6.07, 6.45) is 1.51. The van der Waals surface area contributed by atoms with Crippen LogP contribution in [0.3, 0.4) is 0 Å². The van der Waals surface area contributed by atoms with E-state index in [0.717, 1.165) is 0 Å². The Labute approximate surface area is 138 Å². The molecule has 0 fully saturated rings. The number of aryl methyl sites for hydroxylation is 1. The maximum Gasteiger partial charge on any atom is 1.00 e. The first-order valence-electron chi connectivity index (χ1n) is 5.11. The van der Waals surface area contributed by atoms with E-state index in [0.29, 0.717) is 16.4 Å². The molecule has 8 nitrogen and oxygen atoms in total. The van der Waals surface area contributed by atoms with Gasteiger partial charge in [-0.2, -0.15) is 5.01 Å². The van der Waals surface area contributed by atoms with E-state index in [1.807, 2.05) is 0 Å². The minimum atomic E-state index is -0.648. The van der Waals surface area contributed by atoms with Crippen LogP contribution < -0.4 is 40.6 Å². The summed E-state index contributed by atoms with van der Waals surface area (Å²) in [4.78, 5) is 29.8. The van der Waals surface area contributed by atoms with Gasteiger partial charge in [0.05, 0.1) is 11.8 Å². The fraction of sp³-hybridized carbons (Fsp3) is 0.444. The Bertz CT molecular complexity index is 452. The normalized spacial score (nSPS) is 9.37.